The van der Waals surface area contributed by atoms with Crippen molar-refractivity contribution in [2.75, 3.05) is 33.4 Å². The molecule has 0 N–H and O–H groups in total. The quantitative estimate of drug-likeness (QED) is 0.778. The molecule has 3 aliphatic rings. The first-order chi connectivity index (χ1) is 10.6. The first kappa shape index (κ1) is 15.8. The lowest BCUT2D eigenvalue weighted by molar-refractivity contribution is -0.132. The van der Waals surface area contributed by atoms with Crippen LogP contribution in [0.25, 0.3) is 0 Å². The van der Waals surface area contributed by atoms with Crippen molar-refractivity contribution in [2.45, 2.75) is 56.9 Å². The summed E-state index contributed by atoms with van der Waals surface area (Å²) in [6.07, 6.45) is 7.74. The lowest BCUT2D eigenvalue weighted by Gasteiger charge is -2.38. The molecule has 22 heavy (non-hydrogen) atoms. The van der Waals surface area contributed by atoms with E-state index in [2.05, 4.69) is 0 Å². The molecule has 0 aromatic carbocycles. The van der Waals surface area contributed by atoms with E-state index in [0.717, 1.165) is 45.2 Å². The van der Waals surface area contributed by atoms with E-state index >= 15 is 0 Å². The SMILES string of the molecule is COCCN1C(=O)CCC12CCCN(C(=O)CC1CC1)CC2. The van der Waals surface area contributed by atoms with Gasteiger partial charge in [-0.25, -0.2) is 0 Å². The Morgan fingerprint density at radius 3 is 2.82 bits per heavy atom. The molecule has 0 aromatic rings. The van der Waals surface area contributed by atoms with Crippen LogP contribution < -0.4 is 0 Å². The largest absolute Gasteiger partial charge is 0.383 e. The van der Waals surface area contributed by atoms with Gasteiger partial charge in [-0.1, -0.05) is 0 Å². The van der Waals surface area contributed by atoms with Crippen molar-refractivity contribution in [3.05, 3.63) is 0 Å². The van der Waals surface area contributed by atoms with Crippen LogP contribution in [0.1, 0.15) is 51.4 Å². The summed E-state index contributed by atoms with van der Waals surface area (Å²) in [7, 11) is 1.68. The summed E-state index contributed by atoms with van der Waals surface area (Å²) < 4.78 is 5.17. The third kappa shape index (κ3) is 3.29. The van der Waals surface area contributed by atoms with E-state index in [1.165, 1.54) is 12.8 Å². The van der Waals surface area contributed by atoms with E-state index in [9.17, 15) is 9.59 Å². The number of methoxy groups -OCH3 is 1. The molecule has 1 aliphatic carbocycles. The van der Waals surface area contributed by atoms with Gasteiger partial charge in [-0.2, -0.15) is 0 Å². The van der Waals surface area contributed by atoms with Crippen LogP contribution in [0.2, 0.25) is 0 Å². The van der Waals surface area contributed by atoms with Crippen LogP contribution in [-0.4, -0.2) is 60.5 Å². The molecule has 5 heteroatoms. The van der Waals surface area contributed by atoms with E-state index < -0.39 is 0 Å². The second-order valence-corrected chi connectivity index (χ2v) is 7.14. The van der Waals surface area contributed by atoms with Gasteiger partial charge in [0.1, 0.15) is 0 Å². The molecule has 0 bridgehead atoms. The highest BCUT2D eigenvalue weighted by atomic mass is 16.5. The van der Waals surface area contributed by atoms with E-state index in [1.807, 2.05) is 9.80 Å². The molecule has 1 saturated carbocycles. The second kappa shape index (κ2) is 6.57. The zero-order chi connectivity index (χ0) is 15.6. The van der Waals surface area contributed by atoms with Crippen molar-refractivity contribution in [3.8, 4) is 0 Å². The standard InChI is InChI=1S/C17H28N2O3/c1-22-12-11-19-15(20)5-7-17(19)6-2-9-18(10-8-17)16(21)13-14-3-4-14/h14H,2-13H2,1H3. The number of ether oxygens (including phenoxy) is 1. The fraction of sp³-hybridized carbons (Fsp3) is 0.882. The summed E-state index contributed by atoms with van der Waals surface area (Å²) in [5.41, 5.74) is -0.0236. The van der Waals surface area contributed by atoms with E-state index in [1.54, 1.807) is 7.11 Å². The predicted octanol–water partition coefficient (Wildman–Crippen LogP) is 1.81. The van der Waals surface area contributed by atoms with Gasteiger partial charge in [0.25, 0.3) is 0 Å². The van der Waals surface area contributed by atoms with Gasteiger partial charge in [0, 0.05) is 45.1 Å². The number of carbonyl (C=O) groups is 2. The van der Waals surface area contributed by atoms with Crippen LogP contribution in [0, 0.1) is 5.92 Å². The Kier molecular flexibility index (Phi) is 4.71. The van der Waals surface area contributed by atoms with E-state index in [4.69, 9.17) is 4.74 Å². The summed E-state index contributed by atoms with van der Waals surface area (Å²) >= 11 is 0. The Morgan fingerprint density at radius 1 is 1.27 bits per heavy atom. The molecule has 1 atom stereocenters. The zero-order valence-electron chi connectivity index (χ0n) is 13.7. The van der Waals surface area contributed by atoms with Gasteiger partial charge in [-0.15, -0.1) is 0 Å². The van der Waals surface area contributed by atoms with Crippen LogP contribution in [0.3, 0.4) is 0 Å². The smallest absolute Gasteiger partial charge is 0.223 e. The van der Waals surface area contributed by atoms with Gasteiger partial charge in [0.2, 0.25) is 11.8 Å². The number of nitrogens with zero attached hydrogens (tertiary/aromatic N) is 2. The minimum Gasteiger partial charge on any atom is -0.383 e. The monoisotopic (exact) mass is 308 g/mol. The van der Waals surface area contributed by atoms with Crippen molar-refractivity contribution >= 4 is 11.8 Å². The van der Waals surface area contributed by atoms with Crippen LogP contribution in [0.4, 0.5) is 0 Å². The summed E-state index contributed by atoms with van der Waals surface area (Å²) in [6, 6.07) is 0. The second-order valence-electron chi connectivity index (χ2n) is 7.14. The highest BCUT2D eigenvalue weighted by Gasteiger charge is 2.45. The number of rotatable bonds is 5. The van der Waals surface area contributed by atoms with Crippen molar-refractivity contribution in [1.82, 2.24) is 9.80 Å². The minimum absolute atomic E-state index is 0.0236. The minimum atomic E-state index is -0.0236. The average Bonchev–Trinajstić information content (AvgIpc) is 3.28. The number of hydrogen-bond donors (Lipinski definition) is 0. The van der Waals surface area contributed by atoms with Gasteiger partial charge in [-0.3, -0.25) is 9.59 Å². The van der Waals surface area contributed by atoms with E-state index in [0.29, 0.717) is 31.4 Å². The van der Waals surface area contributed by atoms with Crippen molar-refractivity contribution in [1.29, 1.82) is 0 Å². The third-order valence-electron chi connectivity index (χ3n) is 5.63. The van der Waals surface area contributed by atoms with Gasteiger partial charge in [0.15, 0.2) is 0 Å². The Balaban J connectivity index is 1.62. The number of amides is 2. The molecule has 0 aromatic heterocycles. The molecule has 0 radical (unpaired) electrons. The lowest BCUT2D eigenvalue weighted by Crippen LogP contribution is -2.48. The van der Waals surface area contributed by atoms with Crippen LogP contribution in [-0.2, 0) is 14.3 Å². The maximum Gasteiger partial charge on any atom is 0.223 e. The molecule has 3 fully saturated rings. The van der Waals surface area contributed by atoms with Crippen molar-refractivity contribution in [2.24, 2.45) is 5.92 Å². The summed E-state index contributed by atoms with van der Waals surface area (Å²) in [5.74, 6) is 1.23. The first-order valence-electron chi connectivity index (χ1n) is 8.72. The molecule has 1 unspecified atom stereocenters. The molecular weight excluding hydrogens is 280 g/mol. The Bertz CT molecular complexity index is 436. The Labute approximate surface area is 133 Å². The maximum absolute atomic E-state index is 12.3. The predicted molar refractivity (Wildman–Crippen MR) is 83.3 cm³/mol. The average molecular weight is 308 g/mol. The van der Waals surface area contributed by atoms with Crippen molar-refractivity contribution in [3.63, 3.8) is 0 Å². The van der Waals surface area contributed by atoms with Crippen LogP contribution in [0.5, 0.6) is 0 Å². The topological polar surface area (TPSA) is 49.9 Å². The molecule has 2 aliphatic heterocycles. The number of hydrogen-bond acceptors (Lipinski definition) is 3. The molecule has 2 amide bonds. The van der Waals surface area contributed by atoms with Gasteiger partial charge in [-0.05, 0) is 44.4 Å². The van der Waals surface area contributed by atoms with Crippen LogP contribution >= 0.6 is 0 Å². The van der Waals surface area contributed by atoms with Crippen molar-refractivity contribution < 1.29 is 14.3 Å². The van der Waals surface area contributed by atoms with Crippen LogP contribution in [0.15, 0.2) is 0 Å². The molecule has 2 heterocycles. The highest BCUT2D eigenvalue weighted by Crippen LogP contribution is 2.39. The number of likely N-dealkylation sites (tertiary alicyclic amines) is 2. The fourth-order valence-corrected chi connectivity index (χ4v) is 4.06. The number of carbonyl (C=O) groups excluding carboxylic acids is 2. The maximum atomic E-state index is 12.3. The molecule has 3 rings (SSSR count). The van der Waals surface area contributed by atoms with Gasteiger partial charge < -0.3 is 14.5 Å². The molecule has 124 valence electrons. The fourth-order valence-electron chi connectivity index (χ4n) is 4.06. The third-order valence-corrected chi connectivity index (χ3v) is 5.63. The summed E-state index contributed by atoms with van der Waals surface area (Å²) in [6.45, 7) is 2.95. The Morgan fingerprint density at radius 2 is 2.09 bits per heavy atom. The van der Waals surface area contributed by atoms with E-state index in [-0.39, 0.29) is 11.4 Å². The van der Waals surface area contributed by atoms with Gasteiger partial charge in [0.05, 0.1) is 6.61 Å². The summed E-state index contributed by atoms with van der Waals surface area (Å²) in [5, 5.41) is 0. The molecule has 5 nitrogen and oxygen atoms in total. The highest BCUT2D eigenvalue weighted by molar-refractivity contribution is 5.80. The Hall–Kier alpha value is -1.10. The zero-order valence-corrected chi connectivity index (χ0v) is 13.7. The summed E-state index contributed by atoms with van der Waals surface area (Å²) in [4.78, 5) is 28.7. The lowest BCUT2D eigenvalue weighted by atomic mass is 9.88. The normalized spacial score (nSPS) is 29.2. The molecule has 2 saturated heterocycles. The van der Waals surface area contributed by atoms with Gasteiger partial charge >= 0.3 is 0 Å². The molecule has 1 spiro atoms. The first-order valence-corrected chi connectivity index (χ1v) is 8.72. The molecular formula is C17H28N2O3.